The Kier molecular flexibility index (Phi) is 4.73. The van der Waals surface area contributed by atoms with Crippen molar-refractivity contribution < 1.29 is 9.47 Å². The van der Waals surface area contributed by atoms with Gasteiger partial charge in [-0.25, -0.2) is 0 Å². The van der Waals surface area contributed by atoms with Gasteiger partial charge in [0.15, 0.2) is 0 Å². The fourth-order valence-electron chi connectivity index (χ4n) is 2.29. The van der Waals surface area contributed by atoms with Crippen molar-refractivity contribution in [3.05, 3.63) is 0 Å². The van der Waals surface area contributed by atoms with E-state index in [1.807, 2.05) is 6.92 Å². The highest BCUT2D eigenvalue weighted by molar-refractivity contribution is 5.14. The van der Waals surface area contributed by atoms with Crippen LogP contribution in [-0.4, -0.2) is 45.1 Å². The van der Waals surface area contributed by atoms with Gasteiger partial charge < -0.3 is 20.5 Å². The predicted octanol–water partition coefficient (Wildman–Crippen LogP) is 0.755. The fraction of sp³-hybridized carbons (Fsp3) is 1.00. The van der Waals surface area contributed by atoms with Gasteiger partial charge in [-0.2, -0.15) is 0 Å². The van der Waals surface area contributed by atoms with E-state index in [0.29, 0.717) is 6.10 Å². The van der Waals surface area contributed by atoms with Crippen LogP contribution in [-0.2, 0) is 9.47 Å². The topological polar surface area (TPSA) is 56.5 Å². The van der Waals surface area contributed by atoms with Crippen molar-refractivity contribution in [3.8, 4) is 0 Å². The first-order valence-corrected chi connectivity index (χ1v) is 6.08. The van der Waals surface area contributed by atoms with E-state index in [0.717, 1.165) is 32.7 Å². The molecule has 0 heterocycles. The fourth-order valence-corrected chi connectivity index (χ4v) is 2.29. The number of nitrogens with two attached hydrogens (primary N) is 1. The summed E-state index contributed by atoms with van der Waals surface area (Å²) in [6.45, 7) is 9.58. The zero-order chi connectivity index (χ0) is 12.2. The summed E-state index contributed by atoms with van der Waals surface area (Å²) in [5.74, 6) is 0. The van der Waals surface area contributed by atoms with E-state index in [1.54, 1.807) is 7.11 Å². The highest BCUT2D eigenvalue weighted by Crippen LogP contribution is 2.49. The normalized spacial score (nSPS) is 32.4. The quantitative estimate of drug-likeness (QED) is 0.634. The Morgan fingerprint density at radius 1 is 1.44 bits per heavy atom. The standard InChI is InChI=1S/C12H26N2O2/c1-5-16-10-8-12(13,11(10,2)3)9-14-6-7-15-4/h10,14H,5-9,13H2,1-4H3. The number of hydrogen-bond acceptors (Lipinski definition) is 4. The molecule has 0 aliphatic heterocycles. The highest BCUT2D eigenvalue weighted by Gasteiger charge is 2.57. The lowest BCUT2D eigenvalue weighted by molar-refractivity contribution is -0.148. The molecule has 4 heteroatoms. The molecule has 1 fully saturated rings. The first-order chi connectivity index (χ1) is 7.48. The number of rotatable bonds is 7. The molecule has 1 aliphatic carbocycles. The van der Waals surface area contributed by atoms with Gasteiger partial charge in [0.2, 0.25) is 0 Å². The second-order valence-corrected chi connectivity index (χ2v) is 5.20. The highest BCUT2D eigenvalue weighted by atomic mass is 16.5. The molecular weight excluding hydrogens is 204 g/mol. The number of methoxy groups -OCH3 is 1. The molecule has 2 atom stereocenters. The Morgan fingerprint density at radius 2 is 2.12 bits per heavy atom. The Balaban J connectivity index is 2.36. The second kappa shape index (κ2) is 5.45. The van der Waals surface area contributed by atoms with Gasteiger partial charge in [-0.15, -0.1) is 0 Å². The zero-order valence-corrected chi connectivity index (χ0v) is 11.0. The lowest BCUT2D eigenvalue weighted by atomic mass is 9.54. The molecule has 3 N–H and O–H groups in total. The van der Waals surface area contributed by atoms with E-state index in [1.165, 1.54) is 0 Å². The van der Waals surface area contributed by atoms with Crippen molar-refractivity contribution in [2.45, 2.75) is 38.8 Å². The average Bonchev–Trinajstić information content (AvgIpc) is 2.24. The van der Waals surface area contributed by atoms with Crippen molar-refractivity contribution in [2.75, 3.05) is 33.4 Å². The van der Waals surface area contributed by atoms with Crippen LogP contribution >= 0.6 is 0 Å². The van der Waals surface area contributed by atoms with Crippen LogP contribution < -0.4 is 11.1 Å². The van der Waals surface area contributed by atoms with E-state index in [9.17, 15) is 0 Å². The minimum absolute atomic E-state index is 0.0447. The molecule has 96 valence electrons. The Morgan fingerprint density at radius 3 is 2.62 bits per heavy atom. The van der Waals surface area contributed by atoms with Crippen molar-refractivity contribution in [3.63, 3.8) is 0 Å². The van der Waals surface area contributed by atoms with Crippen molar-refractivity contribution >= 4 is 0 Å². The van der Waals surface area contributed by atoms with Gasteiger partial charge in [0, 0.05) is 37.8 Å². The van der Waals surface area contributed by atoms with E-state index in [2.05, 4.69) is 19.2 Å². The maximum atomic E-state index is 6.40. The van der Waals surface area contributed by atoms with Gasteiger partial charge in [0.1, 0.15) is 0 Å². The molecule has 1 saturated carbocycles. The van der Waals surface area contributed by atoms with Gasteiger partial charge in [-0.05, 0) is 13.3 Å². The third-order valence-electron chi connectivity index (χ3n) is 3.93. The summed E-state index contributed by atoms with van der Waals surface area (Å²) >= 11 is 0. The number of ether oxygens (including phenoxy) is 2. The summed E-state index contributed by atoms with van der Waals surface area (Å²) in [6.07, 6.45) is 1.24. The summed E-state index contributed by atoms with van der Waals surface area (Å²) < 4.78 is 10.7. The lowest BCUT2D eigenvalue weighted by Crippen LogP contribution is -2.73. The van der Waals surface area contributed by atoms with Crippen LogP contribution in [0.5, 0.6) is 0 Å². The molecule has 0 amide bonds. The Hall–Kier alpha value is -0.160. The smallest absolute Gasteiger partial charge is 0.0662 e. The molecule has 0 aromatic rings. The molecule has 4 nitrogen and oxygen atoms in total. The van der Waals surface area contributed by atoms with Crippen LogP contribution in [0.25, 0.3) is 0 Å². The summed E-state index contributed by atoms with van der Waals surface area (Å²) in [5, 5.41) is 3.34. The Labute approximate surface area is 98.9 Å². The van der Waals surface area contributed by atoms with Crippen molar-refractivity contribution in [1.82, 2.24) is 5.32 Å². The molecule has 16 heavy (non-hydrogen) atoms. The number of nitrogens with one attached hydrogen (secondary N) is 1. The van der Waals surface area contributed by atoms with Gasteiger partial charge >= 0.3 is 0 Å². The van der Waals surface area contributed by atoms with Crippen molar-refractivity contribution in [1.29, 1.82) is 0 Å². The van der Waals surface area contributed by atoms with E-state index in [4.69, 9.17) is 15.2 Å². The second-order valence-electron chi connectivity index (χ2n) is 5.20. The largest absolute Gasteiger partial charge is 0.383 e. The van der Waals surface area contributed by atoms with Crippen LogP contribution in [0.1, 0.15) is 27.2 Å². The van der Waals surface area contributed by atoms with Crippen molar-refractivity contribution in [2.24, 2.45) is 11.1 Å². The first-order valence-electron chi connectivity index (χ1n) is 6.08. The van der Waals surface area contributed by atoms with Crippen LogP contribution in [0.4, 0.5) is 0 Å². The molecule has 0 aromatic carbocycles. The van der Waals surface area contributed by atoms with Crippen LogP contribution in [0.3, 0.4) is 0 Å². The molecule has 0 bridgehead atoms. The lowest BCUT2D eigenvalue weighted by Gasteiger charge is -2.59. The summed E-state index contributed by atoms with van der Waals surface area (Å²) in [7, 11) is 1.71. The summed E-state index contributed by atoms with van der Waals surface area (Å²) in [4.78, 5) is 0. The maximum absolute atomic E-state index is 6.40. The maximum Gasteiger partial charge on any atom is 0.0662 e. The molecule has 1 rings (SSSR count). The molecule has 0 aromatic heterocycles. The SMILES string of the molecule is CCOC1CC(N)(CNCCOC)C1(C)C. The van der Waals surface area contributed by atoms with Crippen LogP contribution in [0.2, 0.25) is 0 Å². The summed E-state index contributed by atoms with van der Waals surface area (Å²) in [6, 6.07) is 0. The average molecular weight is 230 g/mol. The Bertz CT molecular complexity index is 221. The molecule has 1 aliphatic rings. The summed E-state index contributed by atoms with van der Waals surface area (Å²) in [5.41, 5.74) is 6.29. The minimum atomic E-state index is -0.152. The van der Waals surface area contributed by atoms with Crippen LogP contribution in [0.15, 0.2) is 0 Å². The number of hydrogen-bond donors (Lipinski definition) is 2. The third-order valence-corrected chi connectivity index (χ3v) is 3.93. The van der Waals surface area contributed by atoms with Gasteiger partial charge in [-0.3, -0.25) is 0 Å². The minimum Gasteiger partial charge on any atom is -0.383 e. The van der Waals surface area contributed by atoms with E-state index in [-0.39, 0.29) is 11.0 Å². The third kappa shape index (κ3) is 2.56. The molecule has 0 saturated heterocycles. The molecule has 0 spiro atoms. The molecular formula is C12H26N2O2. The predicted molar refractivity (Wildman–Crippen MR) is 65.5 cm³/mol. The molecule has 2 unspecified atom stereocenters. The zero-order valence-electron chi connectivity index (χ0n) is 11.0. The van der Waals surface area contributed by atoms with Crippen LogP contribution in [0, 0.1) is 5.41 Å². The first kappa shape index (κ1) is 13.9. The van der Waals surface area contributed by atoms with E-state index < -0.39 is 0 Å². The van der Waals surface area contributed by atoms with Gasteiger partial charge in [0.25, 0.3) is 0 Å². The van der Waals surface area contributed by atoms with Gasteiger partial charge in [-0.1, -0.05) is 13.8 Å². The monoisotopic (exact) mass is 230 g/mol. The van der Waals surface area contributed by atoms with E-state index >= 15 is 0 Å². The molecule has 0 radical (unpaired) electrons. The van der Waals surface area contributed by atoms with Gasteiger partial charge in [0.05, 0.1) is 12.7 Å².